The van der Waals surface area contributed by atoms with Crippen LogP contribution in [-0.2, 0) is 9.09 Å². The third kappa shape index (κ3) is 6.18. The van der Waals surface area contributed by atoms with E-state index in [0.717, 1.165) is 6.42 Å². The summed E-state index contributed by atoms with van der Waals surface area (Å²) in [6.07, 6.45) is 8.20. The van der Waals surface area contributed by atoms with E-state index in [1.807, 2.05) is 0 Å². The summed E-state index contributed by atoms with van der Waals surface area (Å²) < 4.78 is 15.0. The third-order valence-corrected chi connectivity index (χ3v) is 1.84. The third-order valence-electron chi connectivity index (χ3n) is 1.31. The number of terminal acetylenes is 1. The second-order valence-electron chi connectivity index (χ2n) is 2.28. The molecular formula is C8H13O3P. The first-order valence-corrected chi connectivity index (χ1v) is 4.91. The van der Waals surface area contributed by atoms with Crippen LogP contribution in [0.4, 0.5) is 0 Å². The SMILES string of the molecule is C#CCC(CCC=C)O[PH](=O)O. The molecule has 4 heteroatoms. The Balaban J connectivity index is 3.78. The monoisotopic (exact) mass is 188 g/mol. The Labute approximate surface area is 73.4 Å². The Bertz CT molecular complexity index is 195. The molecule has 0 aromatic carbocycles. The van der Waals surface area contributed by atoms with Gasteiger partial charge in [-0.1, -0.05) is 6.08 Å². The van der Waals surface area contributed by atoms with Gasteiger partial charge in [0.15, 0.2) is 0 Å². The van der Waals surface area contributed by atoms with Crippen LogP contribution < -0.4 is 0 Å². The molecule has 0 radical (unpaired) electrons. The van der Waals surface area contributed by atoms with Crippen LogP contribution in [0.2, 0.25) is 0 Å². The number of hydrogen-bond acceptors (Lipinski definition) is 2. The Hall–Kier alpha value is -0.550. The maximum Gasteiger partial charge on any atom is 0.316 e. The van der Waals surface area contributed by atoms with Gasteiger partial charge in [-0.25, -0.2) is 0 Å². The number of allylic oxidation sites excluding steroid dienone is 1. The van der Waals surface area contributed by atoms with Crippen molar-refractivity contribution in [3.63, 3.8) is 0 Å². The zero-order valence-electron chi connectivity index (χ0n) is 6.82. The van der Waals surface area contributed by atoms with Crippen molar-refractivity contribution in [1.29, 1.82) is 0 Å². The normalized spacial score (nSPS) is 14.7. The fraction of sp³-hybridized carbons (Fsp3) is 0.500. The molecule has 0 aliphatic heterocycles. The van der Waals surface area contributed by atoms with Gasteiger partial charge in [-0.15, -0.1) is 18.9 Å². The van der Waals surface area contributed by atoms with Crippen molar-refractivity contribution in [3.05, 3.63) is 12.7 Å². The van der Waals surface area contributed by atoms with Crippen molar-refractivity contribution in [3.8, 4) is 12.3 Å². The standard InChI is InChI=1S/C8H13O3P/c1-3-5-7-8(6-4-2)11-12(9)10/h2-3,8,12H,1,5-7H2,(H,9,10). The van der Waals surface area contributed by atoms with Gasteiger partial charge in [0.1, 0.15) is 0 Å². The Morgan fingerprint density at radius 3 is 2.92 bits per heavy atom. The summed E-state index contributed by atoms with van der Waals surface area (Å²) in [5.41, 5.74) is 0. The van der Waals surface area contributed by atoms with Crippen LogP contribution in [0.3, 0.4) is 0 Å². The van der Waals surface area contributed by atoms with Crippen LogP contribution >= 0.6 is 8.25 Å². The predicted molar refractivity (Wildman–Crippen MR) is 49.0 cm³/mol. The van der Waals surface area contributed by atoms with Gasteiger partial charge in [-0.2, -0.15) is 0 Å². The molecule has 0 saturated carbocycles. The quantitative estimate of drug-likeness (QED) is 0.392. The molecule has 0 aliphatic carbocycles. The zero-order valence-corrected chi connectivity index (χ0v) is 7.82. The Kier molecular flexibility index (Phi) is 6.79. The summed E-state index contributed by atoms with van der Waals surface area (Å²) in [5, 5.41) is 0. The zero-order chi connectivity index (χ0) is 9.40. The van der Waals surface area contributed by atoms with Crippen LogP contribution in [0.1, 0.15) is 19.3 Å². The van der Waals surface area contributed by atoms with Gasteiger partial charge < -0.3 is 9.42 Å². The van der Waals surface area contributed by atoms with E-state index in [2.05, 4.69) is 12.5 Å². The molecule has 0 saturated heterocycles. The van der Waals surface area contributed by atoms with Crippen molar-refractivity contribution in [1.82, 2.24) is 0 Å². The number of hydrogen-bond donors (Lipinski definition) is 1. The largest absolute Gasteiger partial charge is 0.326 e. The molecule has 68 valence electrons. The maximum atomic E-state index is 10.3. The summed E-state index contributed by atoms with van der Waals surface area (Å²) >= 11 is 0. The highest BCUT2D eigenvalue weighted by Gasteiger charge is 2.08. The molecule has 0 amide bonds. The van der Waals surface area contributed by atoms with Crippen molar-refractivity contribution in [2.75, 3.05) is 0 Å². The molecule has 0 bridgehead atoms. The minimum Gasteiger partial charge on any atom is -0.326 e. The molecular weight excluding hydrogens is 175 g/mol. The predicted octanol–water partition coefficient (Wildman–Crippen LogP) is 1.74. The summed E-state index contributed by atoms with van der Waals surface area (Å²) in [7, 11) is -2.87. The fourth-order valence-electron chi connectivity index (χ4n) is 0.780. The highest BCUT2D eigenvalue weighted by atomic mass is 31.1. The molecule has 0 aromatic rings. The lowest BCUT2D eigenvalue weighted by Gasteiger charge is -2.11. The van der Waals surface area contributed by atoms with Crippen LogP contribution in [0.25, 0.3) is 0 Å². The fourth-order valence-corrected chi connectivity index (χ4v) is 1.27. The minimum atomic E-state index is -2.87. The van der Waals surface area contributed by atoms with Crippen LogP contribution in [0.15, 0.2) is 12.7 Å². The van der Waals surface area contributed by atoms with Gasteiger partial charge in [0, 0.05) is 6.42 Å². The van der Waals surface area contributed by atoms with E-state index < -0.39 is 8.25 Å². The van der Waals surface area contributed by atoms with Gasteiger partial charge in [0.2, 0.25) is 0 Å². The van der Waals surface area contributed by atoms with Gasteiger partial charge >= 0.3 is 8.25 Å². The highest BCUT2D eigenvalue weighted by Crippen LogP contribution is 2.22. The van der Waals surface area contributed by atoms with Gasteiger partial charge in [0.05, 0.1) is 6.10 Å². The van der Waals surface area contributed by atoms with E-state index in [4.69, 9.17) is 15.8 Å². The van der Waals surface area contributed by atoms with Crippen molar-refractivity contribution in [2.45, 2.75) is 25.4 Å². The van der Waals surface area contributed by atoms with Gasteiger partial charge in [-0.05, 0) is 12.8 Å². The average molecular weight is 188 g/mol. The van der Waals surface area contributed by atoms with Crippen molar-refractivity contribution in [2.24, 2.45) is 0 Å². The minimum absolute atomic E-state index is 0.315. The van der Waals surface area contributed by atoms with E-state index in [1.165, 1.54) is 0 Å². The van der Waals surface area contributed by atoms with E-state index in [1.54, 1.807) is 6.08 Å². The average Bonchev–Trinajstić information content (AvgIpc) is 2.00. The molecule has 2 atom stereocenters. The summed E-state index contributed by atoms with van der Waals surface area (Å²) in [5.74, 6) is 2.39. The van der Waals surface area contributed by atoms with Gasteiger partial charge in [-0.3, -0.25) is 4.57 Å². The molecule has 0 heterocycles. The maximum absolute atomic E-state index is 10.3. The number of rotatable bonds is 6. The Morgan fingerprint density at radius 2 is 2.50 bits per heavy atom. The molecule has 0 fully saturated rings. The first-order valence-electron chi connectivity index (χ1n) is 3.64. The smallest absolute Gasteiger partial charge is 0.316 e. The van der Waals surface area contributed by atoms with E-state index in [0.29, 0.717) is 12.8 Å². The molecule has 3 nitrogen and oxygen atoms in total. The summed E-state index contributed by atoms with van der Waals surface area (Å²) in [4.78, 5) is 8.48. The molecule has 2 unspecified atom stereocenters. The van der Waals surface area contributed by atoms with Gasteiger partial charge in [0.25, 0.3) is 0 Å². The van der Waals surface area contributed by atoms with Crippen molar-refractivity contribution >= 4 is 8.25 Å². The molecule has 0 aromatic heterocycles. The van der Waals surface area contributed by atoms with Crippen LogP contribution in [0, 0.1) is 12.3 Å². The van der Waals surface area contributed by atoms with E-state index in [-0.39, 0.29) is 6.10 Å². The van der Waals surface area contributed by atoms with E-state index >= 15 is 0 Å². The van der Waals surface area contributed by atoms with Crippen LogP contribution in [0.5, 0.6) is 0 Å². The first-order chi connectivity index (χ1) is 5.70. The lowest BCUT2D eigenvalue weighted by molar-refractivity contribution is 0.185. The molecule has 0 spiro atoms. The summed E-state index contributed by atoms with van der Waals surface area (Å²) in [6.45, 7) is 3.53. The van der Waals surface area contributed by atoms with E-state index in [9.17, 15) is 4.57 Å². The lowest BCUT2D eigenvalue weighted by Crippen LogP contribution is -2.07. The topological polar surface area (TPSA) is 46.5 Å². The molecule has 12 heavy (non-hydrogen) atoms. The highest BCUT2D eigenvalue weighted by molar-refractivity contribution is 7.32. The second-order valence-corrected chi connectivity index (χ2v) is 3.05. The van der Waals surface area contributed by atoms with Crippen LogP contribution in [-0.4, -0.2) is 11.0 Å². The molecule has 0 rings (SSSR count). The summed E-state index contributed by atoms with van der Waals surface area (Å²) in [6, 6.07) is 0. The first kappa shape index (κ1) is 11.4. The lowest BCUT2D eigenvalue weighted by atomic mass is 10.1. The Morgan fingerprint density at radius 1 is 1.83 bits per heavy atom. The second kappa shape index (κ2) is 7.12. The van der Waals surface area contributed by atoms with Crippen molar-refractivity contribution < 1.29 is 14.0 Å². The molecule has 0 aliphatic rings. The molecule has 1 N–H and O–H groups in total.